The van der Waals surface area contributed by atoms with Crippen molar-refractivity contribution in [3.8, 4) is 5.75 Å². The van der Waals surface area contributed by atoms with E-state index in [1.54, 1.807) is 12.4 Å². The maximum absolute atomic E-state index is 11.7. The lowest BCUT2D eigenvalue weighted by atomic mass is 9.78. The molecule has 3 N–H and O–H groups in total. The fraction of sp³-hybridized carbons (Fsp3) is 0.345. The molecule has 2 aromatic carbocycles. The lowest BCUT2D eigenvalue weighted by Crippen LogP contribution is -2.53. The maximum Gasteiger partial charge on any atom is 0.333 e. The smallest absolute Gasteiger partial charge is 0.333 e. The summed E-state index contributed by atoms with van der Waals surface area (Å²) in [6.45, 7) is 6.10. The van der Waals surface area contributed by atoms with Crippen LogP contribution < -0.4 is 10.6 Å². The highest BCUT2D eigenvalue weighted by atomic mass is 16.5. The normalized spacial score (nSPS) is 25.4. The number of fused-ring (bicyclic) bond motifs is 1. The maximum atomic E-state index is 11.7. The Balaban J connectivity index is 1.35. The highest BCUT2D eigenvalue weighted by molar-refractivity contribution is 6.00. The number of nitrogens with zero attached hydrogens (tertiary/aromatic N) is 3. The third kappa shape index (κ3) is 5.00. The molecule has 8 nitrogen and oxygen atoms in total. The van der Waals surface area contributed by atoms with Gasteiger partial charge in [-0.05, 0) is 42.0 Å². The van der Waals surface area contributed by atoms with E-state index < -0.39 is 17.5 Å². The second-order valence-electron chi connectivity index (χ2n) is 10.9. The van der Waals surface area contributed by atoms with Crippen LogP contribution in [-0.4, -0.2) is 39.9 Å². The summed E-state index contributed by atoms with van der Waals surface area (Å²) in [5.74, 6) is 7.51. The summed E-state index contributed by atoms with van der Waals surface area (Å²) in [6.07, 6.45) is 5.66. The van der Waals surface area contributed by atoms with E-state index in [2.05, 4.69) is 4.99 Å². The second kappa shape index (κ2) is 9.70. The van der Waals surface area contributed by atoms with Crippen LogP contribution in [0.1, 0.15) is 44.7 Å². The van der Waals surface area contributed by atoms with Crippen molar-refractivity contribution in [1.29, 1.82) is 0 Å². The van der Waals surface area contributed by atoms with Crippen molar-refractivity contribution < 1.29 is 24.0 Å². The summed E-state index contributed by atoms with van der Waals surface area (Å²) in [5, 5.41) is 9.62. The molecule has 37 heavy (non-hydrogen) atoms. The van der Waals surface area contributed by atoms with Gasteiger partial charge in [-0.2, -0.15) is 10.8 Å². The van der Waals surface area contributed by atoms with Gasteiger partial charge in [0.1, 0.15) is 24.3 Å². The molecule has 2 aromatic rings. The van der Waals surface area contributed by atoms with Gasteiger partial charge >= 0.3 is 5.97 Å². The van der Waals surface area contributed by atoms with Crippen LogP contribution in [0.15, 0.2) is 88.4 Å². The largest absolute Gasteiger partial charge is 0.489 e. The van der Waals surface area contributed by atoms with E-state index in [9.17, 15) is 9.90 Å². The molecule has 0 spiro atoms. The standard InChI is InChI=1S/C29H32N4O4/c1-29(2,3)26(28(34)35)37-23-15-21(16-23)25-24-17-31-12-13-33(24,30)27(32-25)20-10-7-11-22(14-20)36-18-19-8-5-4-6-9-19/h4-14,17,21,23,26H,15-16,18,30H2,1-3H3/p+1. The number of nitrogens with two attached hydrogens (primary N) is 1. The Morgan fingerprint density at radius 3 is 2.62 bits per heavy atom. The highest BCUT2D eigenvalue weighted by Crippen LogP contribution is 2.44. The quantitative estimate of drug-likeness (QED) is 0.400. The van der Waals surface area contributed by atoms with E-state index in [0.717, 1.165) is 28.3 Å². The first-order chi connectivity index (χ1) is 17.6. The van der Waals surface area contributed by atoms with Gasteiger partial charge in [0.15, 0.2) is 6.10 Å². The van der Waals surface area contributed by atoms with Crippen LogP contribution in [0.25, 0.3) is 0 Å². The molecule has 2 aliphatic heterocycles. The van der Waals surface area contributed by atoms with Crippen LogP contribution in [0.4, 0.5) is 0 Å². The average molecular weight is 502 g/mol. The number of aliphatic carboxylic acids is 1. The van der Waals surface area contributed by atoms with Gasteiger partial charge < -0.3 is 14.6 Å². The number of rotatable bonds is 8. The van der Waals surface area contributed by atoms with E-state index in [0.29, 0.717) is 25.3 Å². The van der Waals surface area contributed by atoms with Crippen molar-refractivity contribution in [2.24, 2.45) is 27.2 Å². The molecule has 0 aromatic heterocycles. The number of ether oxygens (including phenoxy) is 2. The predicted octanol–water partition coefficient (Wildman–Crippen LogP) is 4.78. The molecular weight excluding hydrogens is 468 g/mol. The first-order valence-electron chi connectivity index (χ1n) is 12.5. The topological polar surface area (TPSA) is 107 Å². The molecule has 2 unspecified atom stereocenters. The summed E-state index contributed by atoms with van der Waals surface area (Å²) in [6, 6.07) is 17.8. The average Bonchev–Trinajstić information content (AvgIpc) is 3.14. The number of carboxylic acid groups (broad SMARTS) is 1. The van der Waals surface area contributed by atoms with Gasteiger partial charge in [0.2, 0.25) is 5.70 Å². The van der Waals surface area contributed by atoms with Crippen molar-refractivity contribution in [3.05, 3.63) is 89.5 Å². The fourth-order valence-electron chi connectivity index (χ4n) is 4.90. The molecule has 1 aliphatic carbocycles. The Morgan fingerprint density at radius 2 is 1.92 bits per heavy atom. The van der Waals surface area contributed by atoms with Gasteiger partial charge in [0.25, 0.3) is 5.84 Å². The van der Waals surface area contributed by atoms with Crippen LogP contribution >= 0.6 is 0 Å². The zero-order valence-electron chi connectivity index (χ0n) is 21.4. The van der Waals surface area contributed by atoms with Gasteiger partial charge in [-0.1, -0.05) is 57.2 Å². The van der Waals surface area contributed by atoms with Gasteiger partial charge in [-0.3, -0.25) is 4.99 Å². The van der Waals surface area contributed by atoms with Gasteiger partial charge in [0, 0.05) is 5.92 Å². The zero-order valence-corrected chi connectivity index (χ0v) is 21.4. The second-order valence-corrected chi connectivity index (χ2v) is 10.9. The van der Waals surface area contributed by atoms with Gasteiger partial charge in [-0.25, -0.2) is 4.79 Å². The first-order valence-corrected chi connectivity index (χ1v) is 12.5. The molecule has 1 saturated carbocycles. The molecule has 2 heterocycles. The van der Waals surface area contributed by atoms with Crippen LogP contribution in [0, 0.1) is 11.3 Å². The van der Waals surface area contributed by atoms with Crippen LogP contribution in [0.5, 0.6) is 5.75 Å². The Morgan fingerprint density at radius 1 is 1.16 bits per heavy atom. The third-order valence-electron chi connectivity index (χ3n) is 6.98. The molecule has 192 valence electrons. The number of quaternary nitrogens is 1. The Labute approximate surface area is 217 Å². The zero-order chi connectivity index (χ0) is 26.2. The minimum absolute atomic E-state index is 0.0667. The Hall–Kier alpha value is -3.59. The minimum atomic E-state index is -0.935. The van der Waals surface area contributed by atoms with Crippen LogP contribution in [0.3, 0.4) is 0 Å². The highest BCUT2D eigenvalue weighted by Gasteiger charge is 2.49. The Kier molecular flexibility index (Phi) is 6.58. The number of carbonyl (C=O) groups is 1. The molecule has 0 bridgehead atoms. The summed E-state index contributed by atoms with van der Waals surface area (Å²) in [7, 11) is 0. The lowest BCUT2D eigenvalue weighted by Gasteiger charge is -2.39. The van der Waals surface area contributed by atoms with Crippen LogP contribution in [0.2, 0.25) is 0 Å². The van der Waals surface area contributed by atoms with Crippen LogP contribution in [-0.2, 0) is 16.1 Å². The molecule has 5 rings (SSSR count). The van der Waals surface area contributed by atoms with Crippen molar-refractivity contribution in [3.63, 3.8) is 0 Å². The van der Waals surface area contributed by atoms with Crippen molar-refractivity contribution >= 4 is 18.0 Å². The van der Waals surface area contributed by atoms with Gasteiger partial charge in [0.05, 0.1) is 24.1 Å². The number of aliphatic imine (C=N–C) groups is 2. The number of carboxylic acids is 1. The van der Waals surface area contributed by atoms with E-state index in [-0.39, 0.29) is 16.6 Å². The monoisotopic (exact) mass is 501 g/mol. The molecule has 0 radical (unpaired) electrons. The predicted molar refractivity (Wildman–Crippen MR) is 141 cm³/mol. The molecule has 8 heteroatoms. The lowest BCUT2D eigenvalue weighted by molar-refractivity contribution is -0.750. The SMILES string of the molecule is CC(C)(C)C(OC1CC(C2=C3C=NC=C[N+]3(N)C(c3cccc(OCc4ccccc4)c3)=N2)C1)C(=O)O. The van der Waals surface area contributed by atoms with Crippen molar-refractivity contribution in [2.75, 3.05) is 0 Å². The third-order valence-corrected chi connectivity index (χ3v) is 6.98. The number of amidine groups is 1. The molecule has 0 saturated heterocycles. The van der Waals surface area contributed by atoms with E-state index in [4.69, 9.17) is 20.3 Å². The van der Waals surface area contributed by atoms with Gasteiger partial charge in [-0.15, -0.1) is 4.59 Å². The summed E-state index contributed by atoms with van der Waals surface area (Å²) < 4.78 is 12.0. The summed E-state index contributed by atoms with van der Waals surface area (Å²) in [5.41, 5.74) is 3.17. The number of allylic oxidation sites excluding steroid dienone is 2. The summed E-state index contributed by atoms with van der Waals surface area (Å²) >= 11 is 0. The van der Waals surface area contributed by atoms with Crippen molar-refractivity contribution in [2.45, 2.75) is 52.4 Å². The molecular formula is C29H33N4O4+. The molecule has 2 atom stereocenters. The first kappa shape index (κ1) is 25.1. The van der Waals surface area contributed by atoms with E-state index >= 15 is 0 Å². The minimum Gasteiger partial charge on any atom is -0.489 e. The van der Waals surface area contributed by atoms with E-state index in [1.807, 2.05) is 81.6 Å². The molecule has 1 fully saturated rings. The fourth-order valence-corrected chi connectivity index (χ4v) is 4.90. The number of benzene rings is 2. The number of hydrogen-bond acceptors (Lipinski definition) is 6. The Bertz CT molecular complexity index is 1300. The molecule has 0 amide bonds. The van der Waals surface area contributed by atoms with Crippen molar-refractivity contribution in [1.82, 2.24) is 0 Å². The molecule has 3 aliphatic rings. The summed E-state index contributed by atoms with van der Waals surface area (Å²) in [4.78, 5) is 21.1. The number of hydrogen-bond donors (Lipinski definition) is 2. The van der Waals surface area contributed by atoms with E-state index in [1.165, 1.54) is 0 Å².